The van der Waals surface area contributed by atoms with E-state index >= 15 is 0 Å². The molecule has 0 aliphatic carbocycles. The Morgan fingerprint density at radius 2 is 2.29 bits per heavy atom. The Morgan fingerprint density at radius 3 is 2.96 bits per heavy atom. The molecule has 144 valence electrons. The van der Waals surface area contributed by atoms with Gasteiger partial charge in [-0.05, 0) is 35.9 Å². The maximum Gasteiger partial charge on any atom is 0.307 e. The fourth-order valence-corrected chi connectivity index (χ4v) is 2.29. The Morgan fingerprint density at radius 1 is 1.46 bits per heavy atom. The van der Waals surface area contributed by atoms with Crippen LogP contribution in [0.1, 0.15) is 21.9 Å². The van der Waals surface area contributed by atoms with Crippen molar-refractivity contribution in [2.24, 2.45) is 5.10 Å². The average molecular weight is 385 g/mol. The normalized spacial score (nSPS) is 10.9. The predicted molar refractivity (Wildman–Crippen MR) is 96.4 cm³/mol. The van der Waals surface area contributed by atoms with E-state index in [1.165, 1.54) is 36.3 Å². The number of aromatic nitrogens is 2. The zero-order valence-corrected chi connectivity index (χ0v) is 14.6. The van der Waals surface area contributed by atoms with E-state index in [2.05, 4.69) is 15.6 Å². The van der Waals surface area contributed by atoms with Crippen LogP contribution in [0.4, 0.5) is 5.69 Å². The third kappa shape index (κ3) is 4.33. The lowest BCUT2D eigenvalue weighted by Gasteiger charge is -2.03. The molecule has 1 aromatic carbocycles. The number of hydrogen-bond donors (Lipinski definition) is 2. The number of nitro groups is 1. The Kier molecular flexibility index (Phi) is 5.35. The summed E-state index contributed by atoms with van der Waals surface area (Å²) in [5.74, 6) is 0.115. The maximum absolute atomic E-state index is 12.1. The molecule has 2 aromatic heterocycles. The molecule has 0 saturated carbocycles. The van der Waals surface area contributed by atoms with Crippen molar-refractivity contribution in [3.63, 3.8) is 0 Å². The highest BCUT2D eigenvalue weighted by Crippen LogP contribution is 2.25. The fourth-order valence-electron chi connectivity index (χ4n) is 2.29. The van der Waals surface area contributed by atoms with Crippen molar-refractivity contribution in [1.29, 1.82) is 0 Å². The largest absolute Gasteiger partial charge is 0.504 e. The molecule has 0 spiro atoms. The van der Waals surface area contributed by atoms with Gasteiger partial charge in [0.2, 0.25) is 0 Å². The first-order chi connectivity index (χ1) is 13.5. The molecule has 11 heteroatoms. The molecule has 0 radical (unpaired) electrons. The minimum atomic E-state index is -0.577. The van der Waals surface area contributed by atoms with Crippen molar-refractivity contribution in [3.8, 4) is 11.5 Å². The molecule has 3 aromatic rings. The van der Waals surface area contributed by atoms with Crippen molar-refractivity contribution in [2.45, 2.75) is 6.54 Å². The quantitative estimate of drug-likeness (QED) is 0.359. The van der Waals surface area contributed by atoms with E-state index in [1.54, 1.807) is 18.2 Å². The molecule has 0 aliphatic rings. The molecule has 0 saturated heterocycles. The van der Waals surface area contributed by atoms with Crippen molar-refractivity contribution in [2.75, 3.05) is 7.11 Å². The molecule has 0 unspecified atom stereocenters. The van der Waals surface area contributed by atoms with Crippen LogP contribution >= 0.6 is 0 Å². The number of amides is 1. The maximum atomic E-state index is 12.1. The van der Waals surface area contributed by atoms with Gasteiger partial charge in [-0.25, -0.2) is 5.43 Å². The molecular formula is C17H15N5O6. The number of hydrazone groups is 1. The number of benzene rings is 1. The number of phenolic OH excluding ortho intramolecular Hbond substituents is 1. The van der Waals surface area contributed by atoms with E-state index in [0.717, 1.165) is 6.20 Å². The minimum Gasteiger partial charge on any atom is -0.504 e. The van der Waals surface area contributed by atoms with Gasteiger partial charge in [0.05, 0.1) is 24.8 Å². The SMILES string of the molecule is COc1ccc(C=NNC(=O)c2ccc(Cn3cc([N+](=O)[O-])cn3)o2)cc1O. The highest BCUT2D eigenvalue weighted by molar-refractivity contribution is 5.92. The Balaban J connectivity index is 1.59. The Labute approximate surface area is 158 Å². The number of carbonyl (C=O) groups is 1. The number of nitrogens with one attached hydrogen (secondary N) is 1. The predicted octanol–water partition coefficient (Wildman–Crippen LogP) is 1.91. The van der Waals surface area contributed by atoms with E-state index in [0.29, 0.717) is 17.1 Å². The number of phenols is 1. The van der Waals surface area contributed by atoms with Gasteiger partial charge in [-0.3, -0.25) is 19.6 Å². The summed E-state index contributed by atoms with van der Waals surface area (Å²) in [4.78, 5) is 22.2. The third-order valence-corrected chi connectivity index (χ3v) is 3.62. The monoisotopic (exact) mass is 385 g/mol. The number of furan rings is 1. The third-order valence-electron chi connectivity index (χ3n) is 3.62. The lowest BCUT2D eigenvalue weighted by molar-refractivity contribution is -0.385. The highest BCUT2D eigenvalue weighted by atomic mass is 16.6. The molecule has 0 bridgehead atoms. The molecule has 3 rings (SSSR count). The lowest BCUT2D eigenvalue weighted by Crippen LogP contribution is -2.16. The van der Waals surface area contributed by atoms with Crippen LogP contribution < -0.4 is 10.2 Å². The molecule has 28 heavy (non-hydrogen) atoms. The van der Waals surface area contributed by atoms with Crippen molar-refractivity contribution >= 4 is 17.8 Å². The Hall–Kier alpha value is -4.15. The molecule has 0 fully saturated rings. The molecule has 1 amide bonds. The minimum absolute atomic E-state index is 0.0198. The van der Waals surface area contributed by atoms with Gasteiger partial charge in [0.25, 0.3) is 0 Å². The highest BCUT2D eigenvalue weighted by Gasteiger charge is 2.13. The lowest BCUT2D eigenvalue weighted by atomic mass is 10.2. The summed E-state index contributed by atoms with van der Waals surface area (Å²) in [6.45, 7) is 0.134. The molecule has 0 atom stereocenters. The summed E-state index contributed by atoms with van der Waals surface area (Å²) in [5.41, 5.74) is 2.72. The van der Waals surface area contributed by atoms with Crippen LogP contribution in [-0.4, -0.2) is 39.0 Å². The number of ether oxygens (including phenoxy) is 1. The smallest absolute Gasteiger partial charge is 0.307 e. The van der Waals surface area contributed by atoms with E-state index in [1.807, 2.05) is 0 Å². The molecule has 2 heterocycles. The van der Waals surface area contributed by atoms with E-state index in [-0.39, 0.29) is 23.7 Å². The summed E-state index contributed by atoms with van der Waals surface area (Å²) in [5, 5.41) is 28.0. The number of methoxy groups -OCH3 is 1. The number of rotatable bonds is 7. The van der Waals surface area contributed by atoms with Crippen LogP contribution in [0.25, 0.3) is 0 Å². The second-order valence-electron chi connectivity index (χ2n) is 5.55. The number of hydrogen-bond acceptors (Lipinski definition) is 8. The van der Waals surface area contributed by atoms with E-state index in [4.69, 9.17) is 9.15 Å². The fraction of sp³-hybridized carbons (Fsp3) is 0.118. The second kappa shape index (κ2) is 8.03. The van der Waals surface area contributed by atoms with Gasteiger partial charge in [-0.15, -0.1) is 0 Å². The van der Waals surface area contributed by atoms with Crippen LogP contribution in [0, 0.1) is 10.1 Å². The van der Waals surface area contributed by atoms with Gasteiger partial charge < -0.3 is 14.3 Å². The molecule has 11 nitrogen and oxygen atoms in total. The number of nitrogens with zero attached hydrogens (tertiary/aromatic N) is 4. The first kappa shape index (κ1) is 18.6. The van der Waals surface area contributed by atoms with Gasteiger partial charge >= 0.3 is 11.6 Å². The Bertz CT molecular complexity index is 1040. The average Bonchev–Trinajstić information content (AvgIpc) is 3.32. The second-order valence-corrected chi connectivity index (χ2v) is 5.55. The van der Waals surface area contributed by atoms with Crippen molar-refractivity contribution in [1.82, 2.24) is 15.2 Å². The zero-order chi connectivity index (χ0) is 20.1. The van der Waals surface area contributed by atoms with Gasteiger partial charge in [0.1, 0.15) is 18.2 Å². The summed E-state index contributed by atoms with van der Waals surface area (Å²) >= 11 is 0. The number of aromatic hydroxyl groups is 1. The molecular weight excluding hydrogens is 370 g/mol. The van der Waals surface area contributed by atoms with Gasteiger partial charge in [0.15, 0.2) is 17.3 Å². The van der Waals surface area contributed by atoms with Gasteiger partial charge in [0, 0.05) is 0 Å². The summed E-state index contributed by atoms with van der Waals surface area (Å²) in [6, 6.07) is 7.67. The van der Waals surface area contributed by atoms with Crippen LogP contribution in [0.2, 0.25) is 0 Å². The molecule has 0 aliphatic heterocycles. The standard InChI is InChI=1S/C17H15N5O6/c1-27-15-4-2-11(6-14(15)23)7-18-20-17(24)16-5-3-13(28-16)10-21-9-12(8-19-21)22(25)26/h2-9,23H,10H2,1H3,(H,20,24). The molecule has 2 N–H and O–H groups in total. The van der Waals surface area contributed by atoms with Crippen LogP contribution in [0.15, 0.2) is 52.2 Å². The van der Waals surface area contributed by atoms with Crippen molar-refractivity contribution in [3.05, 3.63) is 69.9 Å². The van der Waals surface area contributed by atoms with Crippen LogP contribution in [-0.2, 0) is 6.54 Å². The van der Waals surface area contributed by atoms with Crippen molar-refractivity contribution < 1.29 is 24.0 Å². The first-order valence-corrected chi connectivity index (χ1v) is 7.92. The van der Waals surface area contributed by atoms with Crippen LogP contribution in [0.3, 0.4) is 0 Å². The zero-order valence-electron chi connectivity index (χ0n) is 14.6. The van der Waals surface area contributed by atoms with Crippen LogP contribution in [0.5, 0.6) is 11.5 Å². The van der Waals surface area contributed by atoms with Gasteiger partial charge in [-0.1, -0.05) is 0 Å². The summed E-state index contributed by atoms with van der Waals surface area (Å²) in [6.07, 6.45) is 3.74. The number of carbonyl (C=O) groups excluding carboxylic acids is 1. The topological polar surface area (TPSA) is 145 Å². The summed E-state index contributed by atoms with van der Waals surface area (Å²) < 4.78 is 11.7. The van der Waals surface area contributed by atoms with E-state index in [9.17, 15) is 20.0 Å². The summed E-state index contributed by atoms with van der Waals surface area (Å²) in [7, 11) is 1.44. The van der Waals surface area contributed by atoms with E-state index < -0.39 is 10.8 Å². The van der Waals surface area contributed by atoms with Gasteiger partial charge in [-0.2, -0.15) is 10.2 Å². The first-order valence-electron chi connectivity index (χ1n) is 7.92.